The van der Waals surface area contributed by atoms with E-state index in [0.717, 1.165) is 5.56 Å². The van der Waals surface area contributed by atoms with Crippen molar-refractivity contribution in [3.05, 3.63) is 34.9 Å². The molecule has 0 aliphatic carbocycles. The van der Waals surface area contributed by atoms with E-state index in [-0.39, 0.29) is 19.1 Å². The van der Waals surface area contributed by atoms with Gasteiger partial charge in [0.15, 0.2) is 6.04 Å². The Bertz CT molecular complexity index is 886. The highest BCUT2D eigenvalue weighted by molar-refractivity contribution is 6.31. The van der Waals surface area contributed by atoms with E-state index < -0.39 is 35.8 Å². The molecular weight excluding hydrogens is 466 g/mol. The molecule has 0 spiro atoms. The molecule has 188 valence electrons. The molecule has 0 aromatic heterocycles. The third-order valence-electron chi connectivity index (χ3n) is 4.64. The van der Waals surface area contributed by atoms with Crippen molar-refractivity contribution >= 4 is 35.7 Å². The summed E-state index contributed by atoms with van der Waals surface area (Å²) in [5.41, 5.74) is 0.0495. The molecule has 2 unspecified atom stereocenters. The van der Waals surface area contributed by atoms with Crippen molar-refractivity contribution in [1.29, 1.82) is 0 Å². The second-order valence-electron chi connectivity index (χ2n) is 8.61. The number of hydrogen-bond donors (Lipinski definition) is 2. The van der Waals surface area contributed by atoms with Gasteiger partial charge in [0.1, 0.15) is 24.9 Å². The number of ether oxygens (including phenoxy) is 4. The number of nitrogens with one attached hydrogen (secondary N) is 2. The summed E-state index contributed by atoms with van der Waals surface area (Å²) in [6.45, 7) is 5.77. The lowest BCUT2D eigenvalue weighted by Crippen LogP contribution is -2.43. The smallest absolute Gasteiger partial charge is 0.408 e. The number of halogens is 1. The number of alkyl carbamates (subject to hydrolysis) is 2. The molecule has 0 radical (unpaired) electrons. The first-order chi connectivity index (χ1) is 16.1. The van der Waals surface area contributed by atoms with E-state index in [9.17, 15) is 14.4 Å². The van der Waals surface area contributed by atoms with Gasteiger partial charge in [-0.2, -0.15) is 0 Å². The van der Waals surface area contributed by atoms with Crippen molar-refractivity contribution in [2.24, 2.45) is 4.99 Å². The van der Waals surface area contributed by atoms with Gasteiger partial charge in [-0.25, -0.2) is 19.4 Å². The van der Waals surface area contributed by atoms with E-state index in [4.69, 9.17) is 30.5 Å². The number of rotatable bonds is 10. The van der Waals surface area contributed by atoms with E-state index in [1.165, 1.54) is 7.11 Å². The Morgan fingerprint density at radius 3 is 2.62 bits per heavy atom. The van der Waals surface area contributed by atoms with Crippen molar-refractivity contribution in [3.8, 4) is 0 Å². The quantitative estimate of drug-likeness (QED) is 0.287. The number of benzene rings is 1. The van der Waals surface area contributed by atoms with Crippen LogP contribution in [-0.4, -0.2) is 62.0 Å². The largest absolute Gasteiger partial charge is 0.477 e. The minimum Gasteiger partial charge on any atom is -0.477 e. The first kappa shape index (κ1) is 27.2. The molecule has 1 aromatic rings. The zero-order valence-electron chi connectivity index (χ0n) is 19.9. The third-order valence-corrected chi connectivity index (χ3v) is 5.01. The van der Waals surface area contributed by atoms with Crippen LogP contribution in [0.2, 0.25) is 5.02 Å². The monoisotopic (exact) mass is 497 g/mol. The lowest BCUT2D eigenvalue weighted by Gasteiger charge is -2.23. The Morgan fingerprint density at radius 1 is 1.21 bits per heavy atom. The minimum atomic E-state index is -0.766. The summed E-state index contributed by atoms with van der Waals surface area (Å²) in [5, 5.41) is 5.95. The van der Waals surface area contributed by atoms with Gasteiger partial charge in [-0.3, -0.25) is 0 Å². The zero-order chi connectivity index (χ0) is 25.1. The zero-order valence-corrected chi connectivity index (χ0v) is 20.6. The molecular formula is C23H32ClN3O7. The van der Waals surface area contributed by atoms with Crippen LogP contribution in [0.25, 0.3) is 0 Å². The Balaban J connectivity index is 1.81. The van der Waals surface area contributed by atoms with E-state index in [2.05, 4.69) is 15.6 Å². The highest BCUT2D eigenvalue weighted by atomic mass is 35.5. The summed E-state index contributed by atoms with van der Waals surface area (Å²) >= 11 is 6.05. The standard InChI is InChI=1S/C23H32ClN3O7/c1-23(2,3)34-22(30)27-17(19-26-18(14-32-19)20(28)31-4)11-7-8-12-25-21(29)33-13-15-9-5-6-10-16(15)24/h5-6,9-10,17-18H,7-8,11-14H2,1-4H3,(H,25,29)(H,27,30). The Hall–Kier alpha value is -3.01. The third kappa shape index (κ3) is 9.46. The fraction of sp³-hybridized carbons (Fsp3) is 0.565. The molecule has 11 heteroatoms. The van der Waals surface area contributed by atoms with Crippen LogP contribution in [0.4, 0.5) is 9.59 Å². The molecule has 34 heavy (non-hydrogen) atoms. The maximum Gasteiger partial charge on any atom is 0.408 e. The number of nitrogens with zero attached hydrogens (tertiary/aromatic N) is 1. The summed E-state index contributed by atoms with van der Waals surface area (Å²) in [5.74, 6) is -0.265. The Morgan fingerprint density at radius 2 is 1.94 bits per heavy atom. The van der Waals surface area contributed by atoms with Gasteiger partial charge in [0.05, 0.1) is 7.11 Å². The van der Waals surface area contributed by atoms with Crippen LogP contribution >= 0.6 is 11.6 Å². The minimum absolute atomic E-state index is 0.0489. The molecule has 0 fully saturated rings. The van der Waals surface area contributed by atoms with E-state index in [1.807, 2.05) is 6.07 Å². The number of unbranched alkanes of at least 4 members (excludes halogenated alkanes) is 1. The van der Waals surface area contributed by atoms with Gasteiger partial charge in [0.2, 0.25) is 5.90 Å². The lowest BCUT2D eigenvalue weighted by molar-refractivity contribution is -0.142. The predicted molar refractivity (Wildman–Crippen MR) is 126 cm³/mol. The fourth-order valence-electron chi connectivity index (χ4n) is 3.02. The molecule has 0 saturated carbocycles. The topological polar surface area (TPSA) is 125 Å². The summed E-state index contributed by atoms with van der Waals surface area (Å²) in [6, 6.07) is 5.77. The average Bonchev–Trinajstić information content (AvgIpc) is 3.26. The first-order valence-corrected chi connectivity index (χ1v) is 11.4. The fourth-order valence-corrected chi connectivity index (χ4v) is 3.21. The molecule has 2 atom stereocenters. The number of methoxy groups -OCH3 is 1. The number of carbonyl (C=O) groups is 3. The van der Waals surface area contributed by atoms with Crippen molar-refractivity contribution in [1.82, 2.24) is 10.6 Å². The SMILES string of the molecule is COC(=O)C1COC(C(CCCCNC(=O)OCc2ccccc2Cl)NC(=O)OC(C)(C)C)=N1. The molecule has 1 aromatic carbocycles. The normalized spacial score (nSPS) is 16.0. The number of amides is 2. The van der Waals surface area contributed by atoms with E-state index in [1.54, 1.807) is 39.0 Å². The number of esters is 1. The maximum atomic E-state index is 12.3. The van der Waals surface area contributed by atoms with Crippen molar-refractivity contribution in [3.63, 3.8) is 0 Å². The molecule has 0 saturated heterocycles. The van der Waals surface area contributed by atoms with Gasteiger partial charge in [-0.05, 0) is 46.1 Å². The summed E-state index contributed by atoms with van der Waals surface area (Å²) in [7, 11) is 1.28. The summed E-state index contributed by atoms with van der Waals surface area (Å²) < 4.78 is 20.7. The first-order valence-electron chi connectivity index (χ1n) is 11.0. The maximum absolute atomic E-state index is 12.3. The second kappa shape index (κ2) is 13.0. The van der Waals surface area contributed by atoms with Gasteiger partial charge >= 0.3 is 18.2 Å². The highest BCUT2D eigenvalue weighted by Gasteiger charge is 2.32. The molecule has 1 aliphatic heterocycles. The van der Waals surface area contributed by atoms with Crippen LogP contribution in [0.1, 0.15) is 45.6 Å². The number of carbonyl (C=O) groups excluding carboxylic acids is 3. The van der Waals surface area contributed by atoms with Crippen LogP contribution in [0.3, 0.4) is 0 Å². The van der Waals surface area contributed by atoms with Crippen molar-refractivity contribution in [2.75, 3.05) is 20.3 Å². The molecule has 1 aliphatic rings. The Labute approximate surface area is 204 Å². The molecule has 10 nitrogen and oxygen atoms in total. The van der Waals surface area contributed by atoms with E-state index in [0.29, 0.717) is 30.8 Å². The van der Waals surface area contributed by atoms with Crippen molar-refractivity contribution < 1.29 is 33.3 Å². The van der Waals surface area contributed by atoms with Crippen LogP contribution in [-0.2, 0) is 30.3 Å². The summed E-state index contributed by atoms with van der Waals surface area (Å²) in [6.07, 6.45) is 0.527. The van der Waals surface area contributed by atoms with Gasteiger partial charge in [-0.1, -0.05) is 29.8 Å². The number of hydrogen-bond acceptors (Lipinski definition) is 8. The van der Waals surface area contributed by atoms with Crippen molar-refractivity contribution in [2.45, 2.75) is 64.3 Å². The molecule has 1 heterocycles. The highest BCUT2D eigenvalue weighted by Crippen LogP contribution is 2.16. The average molecular weight is 498 g/mol. The Kier molecular flexibility index (Phi) is 10.4. The second-order valence-corrected chi connectivity index (χ2v) is 9.01. The van der Waals surface area contributed by atoms with Crippen LogP contribution in [0, 0.1) is 0 Å². The van der Waals surface area contributed by atoms with Gasteiger partial charge in [-0.15, -0.1) is 0 Å². The molecule has 0 bridgehead atoms. The number of aliphatic imine (C=N–C) groups is 1. The summed E-state index contributed by atoms with van der Waals surface area (Å²) in [4.78, 5) is 40.2. The van der Waals surface area contributed by atoms with Crippen LogP contribution in [0.5, 0.6) is 0 Å². The lowest BCUT2D eigenvalue weighted by atomic mass is 10.1. The molecule has 2 rings (SSSR count). The van der Waals surface area contributed by atoms with E-state index >= 15 is 0 Å². The molecule has 2 N–H and O–H groups in total. The van der Waals surface area contributed by atoms with Crippen LogP contribution in [0.15, 0.2) is 29.3 Å². The molecule has 2 amide bonds. The predicted octanol–water partition coefficient (Wildman–Crippen LogP) is 3.60. The van der Waals surface area contributed by atoms with Gasteiger partial charge in [0, 0.05) is 17.1 Å². The van der Waals surface area contributed by atoms with Crippen LogP contribution < -0.4 is 10.6 Å². The van der Waals surface area contributed by atoms with Gasteiger partial charge in [0.25, 0.3) is 0 Å². The van der Waals surface area contributed by atoms with Gasteiger partial charge < -0.3 is 29.6 Å².